The van der Waals surface area contributed by atoms with Gasteiger partial charge in [-0.3, -0.25) is 9.69 Å². The molecule has 0 saturated carbocycles. The molecule has 0 unspecified atom stereocenters. The number of hydrogen-bond donors (Lipinski definition) is 0. The van der Waals surface area contributed by atoms with Crippen molar-refractivity contribution in [3.8, 4) is 5.75 Å². The van der Waals surface area contributed by atoms with Gasteiger partial charge in [-0.1, -0.05) is 12.1 Å². The predicted octanol–water partition coefficient (Wildman–Crippen LogP) is 4.46. The molecule has 2 heterocycles. The molecular weight excluding hydrogens is 518 g/mol. The minimum atomic E-state index is -0.968. The third-order valence-electron chi connectivity index (χ3n) is 6.00. The van der Waals surface area contributed by atoms with Crippen LogP contribution in [0.5, 0.6) is 5.75 Å². The number of carbonyl (C=O) groups is 3. The van der Waals surface area contributed by atoms with Crippen molar-refractivity contribution in [2.75, 3.05) is 13.7 Å². The molecule has 40 heavy (non-hydrogen) atoms. The van der Waals surface area contributed by atoms with Gasteiger partial charge in [-0.25, -0.2) is 14.6 Å². The molecule has 1 aromatic carbocycles. The van der Waals surface area contributed by atoms with Gasteiger partial charge in [0.25, 0.3) is 0 Å². The number of ether oxygens (including phenoxy) is 5. The zero-order valence-electron chi connectivity index (χ0n) is 24.6. The van der Waals surface area contributed by atoms with Gasteiger partial charge >= 0.3 is 18.2 Å². The second-order valence-corrected chi connectivity index (χ2v) is 11.9. The van der Waals surface area contributed by atoms with Crippen LogP contribution in [0, 0.1) is 0 Å². The highest BCUT2D eigenvalue weighted by molar-refractivity contribution is 5.72. The topological polar surface area (TPSA) is 118 Å². The van der Waals surface area contributed by atoms with Crippen LogP contribution in [0.4, 0.5) is 9.59 Å². The lowest BCUT2D eigenvalue weighted by Gasteiger charge is -2.30. The molecule has 1 saturated heterocycles. The lowest BCUT2D eigenvalue weighted by molar-refractivity contribution is -0.156. The molecule has 1 amide bonds. The van der Waals surface area contributed by atoms with Crippen LogP contribution in [0.2, 0.25) is 0 Å². The molecule has 0 bridgehead atoms. The summed E-state index contributed by atoms with van der Waals surface area (Å²) < 4.78 is 29.7. The Bertz CT molecular complexity index is 1160. The molecule has 1 aliphatic heterocycles. The van der Waals surface area contributed by atoms with Crippen LogP contribution in [0.1, 0.15) is 59.2 Å². The molecule has 3 rings (SSSR count). The number of aromatic nitrogens is 2. The van der Waals surface area contributed by atoms with Crippen molar-refractivity contribution in [3.05, 3.63) is 48.0 Å². The quantitative estimate of drug-likeness (QED) is 0.341. The van der Waals surface area contributed by atoms with E-state index in [9.17, 15) is 14.4 Å². The summed E-state index contributed by atoms with van der Waals surface area (Å²) >= 11 is 0. The third kappa shape index (κ3) is 9.17. The Morgan fingerprint density at radius 3 is 2.17 bits per heavy atom. The SMILES string of the molecule is COc1ccc(C[C@@H]2[C@H](OC(=O)CCc3cn(C)cn3)[C@@H](OC(=O)OC(C)(C)C)CN2C(=O)OC(C)(C)C)cc1. The molecular formula is C29H41N3O8. The Morgan fingerprint density at radius 2 is 1.62 bits per heavy atom. The number of imidazole rings is 1. The van der Waals surface area contributed by atoms with Crippen LogP contribution in [0.25, 0.3) is 0 Å². The molecule has 1 fully saturated rings. The van der Waals surface area contributed by atoms with Crippen molar-refractivity contribution in [2.24, 2.45) is 7.05 Å². The Kier molecular flexibility index (Phi) is 9.70. The fourth-order valence-corrected chi connectivity index (χ4v) is 4.31. The van der Waals surface area contributed by atoms with E-state index in [2.05, 4.69) is 4.98 Å². The lowest BCUT2D eigenvalue weighted by Crippen LogP contribution is -2.45. The number of esters is 1. The van der Waals surface area contributed by atoms with Crippen molar-refractivity contribution in [3.63, 3.8) is 0 Å². The number of likely N-dealkylation sites (tertiary alicyclic amines) is 1. The third-order valence-corrected chi connectivity index (χ3v) is 6.00. The second kappa shape index (κ2) is 12.6. The number of methoxy groups -OCH3 is 1. The number of amides is 1. The number of benzene rings is 1. The van der Waals surface area contributed by atoms with Crippen molar-refractivity contribution in [1.82, 2.24) is 14.5 Å². The summed E-state index contributed by atoms with van der Waals surface area (Å²) in [7, 11) is 3.43. The average molecular weight is 560 g/mol. The zero-order valence-corrected chi connectivity index (χ0v) is 24.6. The summed E-state index contributed by atoms with van der Waals surface area (Å²) in [5.41, 5.74) is 0.0582. The van der Waals surface area contributed by atoms with Gasteiger partial charge in [-0.05, 0) is 65.7 Å². The van der Waals surface area contributed by atoms with Gasteiger partial charge in [0.15, 0.2) is 12.2 Å². The van der Waals surface area contributed by atoms with E-state index in [1.807, 2.05) is 37.5 Å². The van der Waals surface area contributed by atoms with Gasteiger partial charge in [0.2, 0.25) is 0 Å². The Balaban J connectivity index is 1.89. The summed E-state index contributed by atoms with van der Waals surface area (Å²) in [6, 6.07) is 6.69. The predicted molar refractivity (Wildman–Crippen MR) is 146 cm³/mol. The van der Waals surface area contributed by atoms with E-state index >= 15 is 0 Å². The number of nitrogens with zero attached hydrogens (tertiary/aromatic N) is 3. The second-order valence-electron chi connectivity index (χ2n) is 11.9. The van der Waals surface area contributed by atoms with E-state index in [4.69, 9.17) is 23.7 Å². The lowest BCUT2D eigenvalue weighted by atomic mass is 10.0. The maximum Gasteiger partial charge on any atom is 0.509 e. The van der Waals surface area contributed by atoms with Crippen LogP contribution in [0.15, 0.2) is 36.8 Å². The highest BCUT2D eigenvalue weighted by atomic mass is 16.7. The highest BCUT2D eigenvalue weighted by Crippen LogP contribution is 2.30. The summed E-state index contributed by atoms with van der Waals surface area (Å²) in [5.74, 6) is 0.182. The molecule has 1 aromatic heterocycles. The number of aryl methyl sites for hydroxylation is 2. The smallest absolute Gasteiger partial charge is 0.497 e. The maximum atomic E-state index is 13.3. The first-order valence-electron chi connectivity index (χ1n) is 13.3. The zero-order chi connectivity index (χ0) is 29.7. The minimum Gasteiger partial charge on any atom is -0.497 e. The van der Waals surface area contributed by atoms with E-state index in [1.54, 1.807) is 59.5 Å². The van der Waals surface area contributed by atoms with Crippen molar-refractivity contribution in [1.29, 1.82) is 0 Å². The molecule has 0 spiro atoms. The Morgan fingerprint density at radius 1 is 0.975 bits per heavy atom. The molecule has 0 radical (unpaired) electrons. The summed E-state index contributed by atoms with van der Waals surface area (Å²) in [5, 5.41) is 0. The molecule has 1 aliphatic rings. The number of carbonyl (C=O) groups excluding carboxylic acids is 3. The van der Waals surface area contributed by atoms with E-state index in [1.165, 1.54) is 4.90 Å². The molecule has 2 aromatic rings. The van der Waals surface area contributed by atoms with E-state index in [0.29, 0.717) is 18.6 Å². The summed E-state index contributed by atoms with van der Waals surface area (Å²) in [6.07, 6.45) is 0.798. The molecule has 0 aliphatic carbocycles. The minimum absolute atomic E-state index is 0.0346. The Hall–Kier alpha value is -3.76. The normalized spacial score (nSPS) is 19.2. The van der Waals surface area contributed by atoms with Crippen molar-refractivity contribution in [2.45, 2.75) is 90.3 Å². The maximum absolute atomic E-state index is 13.3. The van der Waals surface area contributed by atoms with Crippen molar-refractivity contribution < 1.29 is 38.1 Å². The van der Waals surface area contributed by atoms with Gasteiger partial charge in [0.05, 0.1) is 38.1 Å². The number of rotatable bonds is 8. The first kappa shape index (κ1) is 30.8. The molecule has 3 atom stereocenters. The van der Waals surface area contributed by atoms with Crippen LogP contribution < -0.4 is 4.74 Å². The van der Waals surface area contributed by atoms with Crippen LogP contribution >= 0.6 is 0 Å². The number of hydrogen-bond acceptors (Lipinski definition) is 9. The molecule has 220 valence electrons. The van der Waals surface area contributed by atoms with E-state index in [-0.39, 0.29) is 13.0 Å². The molecule has 0 N–H and O–H groups in total. The van der Waals surface area contributed by atoms with E-state index < -0.39 is 47.7 Å². The fraction of sp³-hybridized carbons (Fsp3) is 0.586. The van der Waals surface area contributed by atoms with Gasteiger partial charge in [0.1, 0.15) is 17.0 Å². The monoisotopic (exact) mass is 559 g/mol. The average Bonchev–Trinajstić information content (AvgIpc) is 3.39. The van der Waals surface area contributed by atoms with Gasteiger partial charge < -0.3 is 28.3 Å². The summed E-state index contributed by atoms with van der Waals surface area (Å²) in [6.45, 7) is 10.4. The van der Waals surface area contributed by atoms with Gasteiger partial charge in [-0.2, -0.15) is 0 Å². The van der Waals surface area contributed by atoms with Crippen LogP contribution in [-0.4, -0.2) is 75.8 Å². The van der Waals surface area contributed by atoms with E-state index in [0.717, 1.165) is 11.3 Å². The largest absolute Gasteiger partial charge is 0.509 e. The fourth-order valence-electron chi connectivity index (χ4n) is 4.31. The van der Waals surface area contributed by atoms with Crippen LogP contribution in [-0.2, 0) is 43.6 Å². The highest BCUT2D eigenvalue weighted by Gasteiger charge is 2.50. The van der Waals surface area contributed by atoms with Crippen LogP contribution in [0.3, 0.4) is 0 Å². The van der Waals surface area contributed by atoms with Gasteiger partial charge in [-0.15, -0.1) is 0 Å². The standard InChI is InChI=1S/C29H41N3O8/c1-28(2,3)39-26(34)32-17-23(37-27(35)40-29(4,5)6)25(22(32)15-19-9-12-21(36-8)13-10-19)38-24(33)14-11-20-16-31(7)18-30-20/h9-10,12-13,16,18,22-23,25H,11,14-15,17H2,1-8H3/t22-,23+,25+/m1/s1. The summed E-state index contributed by atoms with van der Waals surface area (Å²) in [4.78, 5) is 44.7. The molecule has 11 nitrogen and oxygen atoms in total. The first-order valence-corrected chi connectivity index (χ1v) is 13.3. The molecule has 11 heteroatoms. The van der Waals surface area contributed by atoms with Gasteiger partial charge in [0, 0.05) is 19.7 Å². The first-order chi connectivity index (χ1) is 18.6. The van der Waals surface area contributed by atoms with Crippen molar-refractivity contribution >= 4 is 18.2 Å². The Labute approximate surface area is 235 Å².